The first-order valence-electron chi connectivity index (χ1n) is 13.2. The highest BCUT2D eigenvalue weighted by Crippen LogP contribution is 2.33. The number of carboxylic acids is 1. The minimum atomic E-state index is -0.898. The Hall–Kier alpha value is -4.86. The standard InChI is InChI=1S/C32H28ClN3O6/c33-26-12-24(14-28(15-26)36-32(40)42-17-19-4-2-1-3-5-19)30(37)35-27-9-20(16-34)8-22(13-27)21-6-7-29-23(10-21)11-25(18-41-29)31(38)39/h1-10,12-15,25H,11,16-18,34H2,(H,35,37)(H,36,40)(H,38,39)/t25-/m0/s1. The third-order valence-corrected chi connectivity index (χ3v) is 6.97. The number of halogens is 1. The third-order valence-electron chi connectivity index (χ3n) is 6.75. The normalized spacial score (nSPS) is 13.8. The van der Waals surface area contributed by atoms with Crippen molar-refractivity contribution < 1.29 is 29.0 Å². The molecule has 0 bridgehead atoms. The van der Waals surface area contributed by atoms with Crippen molar-refractivity contribution in [3.63, 3.8) is 0 Å². The first kappa shape index (κ1) is 28.7. The highest BCUT2D eigenvalue weighted by atomic mass is 35.5. The van der Waals surface area contributed by atoms with Crippen molar-refractivity contribution in [2.45, 2.75) is 19.6 Å². The van der Waals surface area contributed by atoms with E-state index in [4.69, 9.17) is 26.8 Å². The van der Waals surface area contributed by atoms with Gasteiger partial charge in [-0.15, -0.1) is 0 Å². The van der Waals surface area contributed by atoms with E-state index < -0.39 is 23.9 Å². The molecule has 1 heterocycles. The molecule has 10 heteroatoms. The molecular formula is C32H28ClN3O6. The van der Waals surface area contributed by atoms with Gasteiger partial charge in [0.15, 0.2) is 0 Å². The molecule has 1 aliphatic heterocycles. The maximum Gasteiger partial charge on any atom is 0.411 e. The van der Waals surface area contributed by atoms with Crippen molar-refractivity contribution in [2.24, 2.45) is 11.7 Å². The number of nitrogens with one attached hydrogen (secondary N) is 2. The van der Waals surface area contributed by atoms with Gasteiger partial charge in [-0.05, 0) is 82.8 Å². The van der Waals surface area contributed by atoms with Gasteiger partial charge in [-0.3, -0.25) is 14.9 Å². The molecule has 0 spiro atoms. The minimum absolute atomic E-state index is 0.0950. The second kappa shape index (κ2) is 12.8. The zero-order chi connectivity index (χ0) is 29.6. The number of hydrogen-bond donors (Lipinski definition) is 4. The monoisotopic (exact) mass is 585 g/mol. The fraction of sp³-hybridized carbons (Fsp3) is 0.156. The van der Waals surface area contributed by atoms with Gasteiger partial charge in [0.25, 0.3) is 5.91 Å². The van der Waals surface area contributed by atoms with Crippen molar-refractivity contribution in [1.29, 1.82) is 0 Å². The maximum absolute atomic E-state index is 13.2. The van der Waals surface area contributed by atoms with Crippen LogP contribution in [0, 0.1) is 5.92 Å². The van der Waals surface area contributed by atoms with Gasteiger partial charge >= 0.3 is 12.1 Å². The molecule has 0 aromatic heterocycles. The lowest BCUT2D eigenvalue weighted by atomic mass is 9.93. The molecule has 0 saturated heterocycles. The van der Waals surface area contributed by atoms with Crippen molar-refractivity contribution in [3.8, 4) is 16.9 Å². The Labute approximate surface area is 247 Å². The van der Waals surface area contributed by atoms with Crippen LogP contribution in [0.4, 0.5) is 16.2 Å². The van der Waals surface area contributed by atoms with Crippen LogP contribution < -0.4 is 21.1 Å². The lowest BCUT2D eigenvalue weighted by Crippen LogP contribution is -2.27. The molecule has 1 aliphatic rings. The van der Waals surface area contributed by atoms with Crippen LogP contribution in [0.15, 0.2) is 84.9 Å². The molecule has 0 aliphatic carbocycles. The number of amides is 2. The van der Waals surface area contributed by atoms with Crippen molar-refractivity contribution in [2.75, 3.05) is 17.2 Å². The quantitative estimate of drug-likeness (QED) is 0.196. The number of rotatable bonds is 8. The summed E-state index contributed by atoms with van der Waals surface area (Å²) in [6.45, 7) is 0.468. The van der Waals surface area contributed by atoms with Gasteiger partial charge in [-0.1, -0.05) is 48.0 Å². The van der Waals surface area contributed by atoms with Crippen molar-refractivity contribution >= 4 is 40.9 Å². The third kappa shape index (κ3) is 7.06. The summed E-state index contributed by atoms with van der Waals surface area (Å²) in [5, 5.41) is 15.2. The molecule has 42 heavy (non-hydrogen) atoms. The van der Waals surface area contributed by atoms with Crippen LogP contribution in [0.5, 0.6) is 5.75 Å². The summed E-state index contributed by atoms with van der Waals surface area (Å²) in [5.41, 5.74) is 11.0. The number of anilines is 2. The number of ether oxygens (including phenoxy) is 2. The number of aliphatic carboxylic acids is 1. The molecule has 4 aromatic rings. The van der Waals surface area contributed by atoms with Crippen LogP contribution in [0.2, 0.25) is 5.02 Å². The van der Waals surface area contributed by atoms with E-state index in [0.717, 1.165) is 27.8 Å². The Bertz CT molecular complexity index is 1640. The van der Waals surface area contributed by atoms with Crippen LogP contribution in [-0.2, 0) is 29.1 Å². The largest absolute Gasteiger partial charge is 0.492 e. The molecule has 9 nitrogen and oxygen atoms in total. The summed E-state index contributed by atoms with van der Waals surface area (Å²) in [4.78, 5) is 37.0. The minimum Gasteiger partial charge on any atom is -0.492 e. The molecule has 214 valence electrons. The molecule has 1 atom stereocenters. The number of carbonyl (C=O) groups is 3. The van der Waals surface area contributed by atoms with E-state index in [1.54, 1.807) is 6.07 Å². The van der Waals surface area contributed by atoms with E-state index >= 15 is 0 Å². The van der Waals surface area contributed by atoms with E-state index in [9.17, 15) is 19.5 Å². The van der Waals surface area contributed by atoms with Crippen molar-refractivity contribution in [1.82, 2.24) is 0 Å². The van der Waals surface area contributed by atoms with E-state index in [1.807, 2.05) is 60.7 Å². The maximum atomic E-state index is 13.2. The Morgan fingerprint density at radius 1 is 0.905 bits per heavy atom. The second-order valence-corrected chi connectivity index (χ2v) is 10.3. The number of carbonyl (C=O) groups excluding carboxylic acids is 2. The second-order valence-electron chi connectivity index (χ2n) is 9.86. The molecule has 0 unspecified atom stereocenters. The Kier molecular flexibility index (Phi) is 8.71. The fourth-order valence-electron chi connectivity index (χ4n) is 4.65. The average molecular weight is 586 g/mol. The zero-order valence-electron chi connectivity index (χ0n) is 22.4. The van der Waals surface area contributed by atoms with Gasteiger partial charge in [0.2, 0.25) is 0 Å². The lowest BCUT2D eigenvalue weighted by molar-refractivity contribution is -0.143. The van der Waals surface area contributed by atoms with Crippen molar-refractivity contribution in [3.05, 3.63) is 112 Å². The number of nitrogens with two attached hydrogens (primary N) is 1. The lowest BCUT2D eigenvalue weighted by Gasteiger charge is -2.23. The number of benzene rings is 4. The van der Waals surface area contributed by atoms with E-state index in [2.05, 4.69) is 10.6 Å². The number of carboxylic acid groups (broad SMARTS) is 1. The SMILES string of the molecule is NCc1cc(NC(=O)c2cc(Cl)cc(NC(=O)OCc3ccccc3)c2)cc(-c2ccc3c(c2)C[C@H](C(=O)O)CO3)c1. The zero-order valence-corrected chi connectivity index (χ0v) is 23.2. The Morgan fingerprint density at radius 3 is 2.45 bits per heavy atom. The first-order chi connectivity index (χ1) is 20.3. The smallest absolute Gasteiger partial charge is 0.411 e. The highest BCUT2D eigenvalue weighted by molar-refractivity contribution is 6.31. The number of hydrogen-bond acceptors (Lipinski definition) is 6. The molecule has 5 N–H and O–H groups in total. The summed E-state index contributed by atoms with van der Waals surface area (Å²) in [7, 11) is 0. The molecular weight excluding hydrogens is 558 g/mol. The fourth-order valence-corrected chi connectivity index (χ4v) is 4.89. The Balaban J connectivity index is 1.32. The summed E-state index contributed by atoms with van der Waals surface area (Å²) >= 11 is 6.26. The summed E-state index contributed by atoms with van der Waals surface area (Å²) in [5.74, 6) is -1.29. The van der Waals surface area contributed by atoms with Gasteiger partial charge in [-0.2, -0.15) is 0 Å². The number of fused-ring (bicyclic) bond motifs is 1. The molecule has 0 fully saturated rings. The van der Waals surface area contributed by atoms with Gasteiger partial charge in [-0.25, -0.2) is 4.79 Å². The van der Waals surface area contributed by atoms with Gasteiger partial charge < -0.3 is 25.6 Å². The van der Waals surface area contributed by atoms with Crippen LogP contribution >= 0.6 is 11.6 Å². The molecule has 4 aromatic carbocycles. The van der Waals surface area contributed by atoms with E-state index in [0.29, 0.717) is 23.5 Å². The van der Waals surface area contributed by atoms with Crippen LogP contribution in [-0.4, -0.2) is 29.7 Å². The molecule has 0 radical (unpaired) electrons. The summed E-state index contributed by atoms with van der Waals surface area (Å²) < 4.78 is 10.9. The molecule has 2 amide bonds. The molecule has 0 saturated carbocycles. The van der Waals surface area contributed by atoms with Gasteiger partial charge in [0, 0.05) is 28.5 Å². The van der Waals surface area contributed by atoms with Crippen LogP contribution in [0.25, 0.3) is 11.1 Å². The average Bonchev–Trinajstić information content (AvgIpc) is 2.99. The predicted molar refractivity (Wildman–Crippen MR) is 160 cm³/mol. The van der Waals surface area contributed by atoms with Gasteiger partial charge in [0.05, 0.1) is 5.92 Å². The highest BCUT2D eigenvalue weighted by Gasteiger charge is 2.26. The summed E-state index contributed by atoms with van der Waals surface area (Å²) in [6, 6.07) is 24.9. The van der Waals surface area contributed by atoms with Gasteiger partial charge in [0.1, 0.15) is 19.0 Å². The molecule has 5 rings (SSSR count). The van der Waals surface area contributed by atoms with E-state index in [-0.39, 0.29) is 30.3 Å². The van der Waals surface area contributed by atoms with Crippen LogP contribution in [0.1, 0.15) is 27.0 Å². The first-order valence-corrected chi connectivity index (χ1v) is 13.6. The topological polar surface area (TPSA) is 140 Å². The Morgan fingerprint density at radius 2 is 1.69 bits per heavy atom. The van der Waals surface area contributed by atoms with E-state index in [1.165, 1.54) is 18.2 Å². The summed E-state index contributed by atoms with van der Waals surface area (Å²) in [6.07, 6.45) is -0.318. The van der Waals surface area contributed by atoms with Crippen LogP contribution in [0.3, 0.4) is 0 Å². The predicted octanol–water partition coefficient (Wildman–Crippen LogP) is 6.10.